The number of aliphatic hydroxyl groups is 1. The standard InChI is InChI=1S/C28H48O5/c1-19(7-6-14-29)23-10-11-24-22-9-8-20-15-21(32-17-30-4)12-13-27(20,2)26(22)25(33-18-31-5)16-28(23,24)3/h8,19,21-26,29H,6-7,9-18H2,1-5H3/t19-,21+,22+,23-,24+,25-,26-,27+,28-/m1/s1. The van der Waals surface area contributed by atoms with Gasteiger partial charge in [0.15, 0.2) is 0 Å². The molecule has 0 amide bonds. The SMILES string of the molecule is COCO[C@H]1CC[C@@]2(C)C(=CC[C@@H]3[C@@H]2[C@H](OCOC)C[C@]2(C)[C@@H]([C@H](C)CCCO)CC[C@@H]32)C1. The summed E-state index contributed by atoms with van der Waals surface area (Å²) in [4.78, 5) is 0. The van der Waals surface area contributed by atoms with Crippen molar-refractivity contribution >= 4 is 0 Å². The van der Waals surface area contributed by atoms with Crippen molar-refractivity contribution in [3.8, 4) is 0 Å². The van der Waals surface area contributed by atoms with Crippen molar-refractivity contribution in [2.75, 3.05) is 34.4 Å². The molecule has 0 aromatic carbocycles. The van der Waals surface area contributed by atoms with Gasteiger partial charge < -0.3 is 24.1 Å². The van der Waals surface area contributed by atoms with Crippen molar-refractivity contribution in [3.05, 3.63) is 11.6 Å². The van der Waals surface area contributed by atoms with Gasteiger partial charge in [0, 0.05) is 20.8 Å². The van der Waals surface area contributed by atoms with Crippen LogP contribution in [0, 0.1) is 40.4 Å². The van der Waals surface area contributed by atoms with E-state index in [1.54, 1.807) is 19.8 Å². The lowest BCUT2D eigenvalue weighted by Gasteiger charge is -2.61. The van der Waals surface area contributed by atoms with E-state index in [1.807, 2.05) is 0 Å². The zero-order chi connectivity index (χ0) is 23.6. The average Bonchev–Trinajstić information content (AvgIpc) is 3.16. The fraction of sp³-hybridized carbons (Fsp3) is 0.929. The Hall–Kier alpha value is -0.460. The highest BCUT2D eigenvalue weighted by atomic mass is 16.7. The Morgan fingerprint density at radius 1 is 1.09 bits per heavy atom. The van der Waals surface area contributed by atoms with Crippen molar-refractivity contribution in [1.29, 1.82) is 0 Å². The first-order chi connectivity index (χ1) is 15.9. The maximum absolute atomic E-state index is 9.40. The zero-order valence-corrected chi connectivity index (χ0v) is 21.7. The Bertz CT molecular complexity index is 679. The van der Waals surface area contributed by atoms with E-state index in [0.29, 0.717) is 43.4 Å². The van der Waals surface area contributed by atoms with E-state index in [-0.39, 0.29) is 17.6 Å². The van der Waals surface area contributed by atoms with Gasteiger partial charge in [-0.2, -0.15) is 0 Å². The smallest absolute Gasteiger partial charge is 0.146 e. The molecule has 5 nitrogen and oxygen atoms in total. The lowest BCUT2D eigenvalue weighted by Crippen LogP contribution is -2.57. The highest BCUT2D eigenvalue weighted by Gasteiger charge is 2.62. The molecule has 4 aliphatic rings. The molecule has 0 spiro atoms. The van der Waals surface area contributed by atoms with Crippen LogP contribution in [0.2, 0.25) is 0 Å². The molecule has 0 aromatic rings. The van der Waals surface area contributed by atoms with Crippen LogP contribution >= 0.6 is 0 Å². The lowest BCUT2D eigenvalue weighted by molar-refractivity contribution is -0.185. The normalized spacial score (nSPS) is 43.4. The summed E-state index contributed by atoms with van der Waals surface area (Å²) in [5.74, 6) is 3.39. The van der Waals surface area contributed by atoms with Gasteiger partial charge in [-0.3, -0.25) is 0 Å². The van der Waals surface area contributed by atoms with Crippen molar-refractivity contribution in [3.63, 3.8) is 0 Å². The van der Waals surface area contributed by atoms with Gasteiger partial charge in [0.1, 0.15) is 13.6 Å². The topological polar surface area (TPSA) is 57.2 Å². The maximum atomic E-state index is 9.40. The van der Waals surface area contributed by atoms with Crippen LogP contribution in [0.3, 0.4) is 0 Å². The molecule has 3 fully saturated rings. The Balaban J connectivity index is 1.60. The molecule has 3 saturated carbocycles. The van der Waals surface area contributed by atoms with E-state index in [2.05, 4.69) is 26.8 Å². The lowest BCUT2D eigenvalue weighted by atomic mass is 9.46. The first kappa shape index (κ1) is 25.6. The number of hydrogen-bond acceptors (Lipinski definition) is 5. The number of allylic oxidation sites excluding steroid dienone is 1. The van der Waals surface area contributed by atoms with Crippen molar-refractivity contribution in [1.82, 2.24) is 0 Å². The molecule has 0 unspecified atom stereocenters. The Morgan fingerprint density at radius 3 is 2.58 bits per heavy atom. The molecule has 0 heterocycles. The summed E-state index contributed by atoms with van der Waals surface area (Å²) in [6.45, 7) is 8.59. The zero-order valence-electron chi connectivity index (χ0n) is 21.7. The van der Waals surface area contributed by atoms with Crippen LogP contribution in [0.1, 0.15) is 78.6 Å². The quantitative estimate of drug-likeness (QED) is 0.339. The van der Waals surface area contributed by atoms with Crippen LogP contribution in [-0.2, 0) is 18.9 Å². The van der Waals surface area contributed by atoms with Gasteiger partial charge >= 0.3 is 0 Å². The molecule has 4 aliphatic carbocycles. The van der Waals surface area contributed by atoms with Crippen LogP contribution in [0.5, 0.6) is 0 Å². The van der Waals surface area contributed by atoms with Gasteiger partial charge in [-0.05, 0) is 98.2 Å². The number of methoxy groups -OCH3 is 2. The van der Waals surface area contributed by atoms with Crippen molar-refractivity contribution in [2.24, 2.45) is 40.4 Å². The molecule has 0 aromatic heterocycles. The summed E-state index contributed by atoms with van der Waals surface area (Å²) in [6.07, 6.45) is 13.4. The third-order valence-corrected chi connectivity index (χ3v) is 10.4. The molecule has 9 atom stereocenters. The molecule has 0 aliphatic heterocycles. The monoisotopic (exact) mass is 464 g/mol. The largest absolute Gasteiger partial charge is 0.396 e. The predicted molar refractivity (Wildman–Crippen MR) is 130 cm³/mol. The van der Waals surface area contributed by atoms with Crippen LogP contribution < -0.4 is 0 Å². The number of aliphatic hydroxyl groups excluding tert-OH is 1. The first-order valence-corrected chi connectivity index (χ1v) is 13.4. The summed E-state index contributed by atoms with van der Waals surface area (Å²) in [5.41, 5.74) is 2.10. The van der Waals surface area contributed by atoms with Gasteiger partial charge in [0.05, 0.1) is 12.2 Å². The van der Waals surface area contributed by atoms with Crippen LogP contribution in [0.15, 0.2) is 11.6 Å². The fourth-order valence-corrected chi connectivity index (χ4v) is 8.93. The molecule has 4 rings (SSSR count). The minimum absolute atomic E-state index is 0.191. The molecule has 0 bridgehead atoms. The Kier molecular flexibility index (Phi) is 8.28. The van der Waals surface area contributed by atoms with Crippen LogP contribution in [0.25, 0.3) is 0 Å². The van der Waals surface area contributed by atoms with E-state index in [9.17, 15) is 5.11 Å². The number of fused-ring (bicyclic) bond motifs is 5. The third-order valence-electron chi connectivity index (χ3n) is 10.4. The number of rotatable bonds is 10. The molecular weight excluding hydrogens is 416 g/mol. The third kappa shape index (κ3) is 4.70. The summed E-state index contributed by atoms with van der Waals surface area (Å²) < 4.78 is 23.1. The second-order valence-corrected chi connectivity index (χ2v) is 12.0. The van der Waals surface area contributed by atoms with Gasteiger partial charge in [-0.1, -0.05) is 32.4 Å². The second kappa shape index (κ2) is 10.7. The summed E-state index contributed by atoms with van der Waals surface area (Å²) in [6, 6.07) is 0. The Morgan fingerprint density at radius 2 is 1.85 bits per heavy atom. The van der Waals surface area contributed by atoms with E-state index in [4.69, 9.17) is 18.9 Å². The van der Waals surface area contributed by atoms with Gasteiger partial charge in [0.2, 0.25) is 0 Å². The highest BCUT2D eigenvalue weighted by molar-refractivity contribution is 5.27. The Labute approximate surface area is 201 Å². The number of hydrogen-bond donors (Lipinski definition) is 1. The van der Waals surface area contributed by atoms with Gasteiger partial charge in [-0.15, -0.1) is 0 Å². The van der Waals surface area contributed by atoms with Gasteiger partial charge in [-0.25, -0.2) is 0 Å². The molecule has 33 heavy (non-hydrogen) atoms. The van der Waals surface area contributed by atoms with Crippen LogP contribution in [-0.4, -0.2) is 51.7 Å². The van der Waals surface area contributed by atoms with Crippen molar-refractivity contribution < 1.29 is 24.1 Å². The molecule has 0 saturated heterocycles. The molecule has 1 N–H and O–H groups in total. The van der Waals surface area contributed by atoms with E-state index >= 15 is 0 Å². The summed E-state index contributed by atoms with van der Waals surface area (Å²) in [7, 11) is 3.44. The highest BCUT2D eigenvalue weighted by Crippen LogP contribution is 2.67. The van der Waals surface area contributed by atoms with Crippen LogP contribution in [0.4, 0.5) is 0 Å². The molecule has 190 valence electrons. The van der Waals surface area contributed by atoms with E-state index in [1.165, 1.54) is 25.7 Å². The average molecular weight is 465 g/mol. The maximum Gasteiger partial charge on any atom is 0.146 e. The van der Waals surface area contributed by atoms with Gasteiger partial charge in [0.25, 0.3) is 0 Å². The minimum atomic E-state index is 0.191. The van der Waals surface area contributed by atoms with E-state index < -0.39 is 0 Å². The summed E-state index contributed by atoms with van der Waals surface area (Å²) >= 11 is 0. The fourth-order valence-electron chi connectivity index (χ4n) is 8.93. The summed E-state index contributed by atoms with van der Waals surface area (Å²) in [5, 5.41) is 9.40. The second-order valence-electron chi connectivity index (χ2n) is 12.0. The molecule has 5 heteroatoms. The van der Waals surface area contributed by atoms with E-state index in [0.717, 1.165) is 43.9 Å². The molecular formula is C28H48O5. The minimum Gasteiger partial charge on any atom is -0.396 e. The predicted octanol–water partition coefficient (Wildman–Crippen LogP) is 5.56. The molecule has 0 radical (unpaired) electrons. The first-order valence-electron chi connectivity index (χ1n) is 13.4. The van der Waals surface area contributed by atoms with Crippen molar-refractivity contribution in [2.45, 2.75) is 90.8 Å². The number of ether oxygens (including phenoxy) is 4.